The highest BCUT2D eigenvalue weighted by Crippen LogP contribution is 2.15. The lowest BCUT2D eigenvalue weighted by Crippen LogP contribution is -2.51. The lowest BCUT2D eigenvalue weighted by molar-refractivity contribution is -0.124. The van der Waals surface area contributed by atoms with Gasteiger partial charge in [-0.3, -0.25) is 15.0 Å². The number of morpholine rings is 1. The number of hydrogen-bond donors (Lipinski definition) is 2. The van der Waals surface area contributed by atoms with Crippen LogP contribution in [0.1, 0.15) is 25.0 Å². The van der Waals surface area contributed by atoms with Gasteiger partial charge < -0.3 is 10.1 Å². The molecule has 2 atom stereocenters. The summed E-state index contributed by atoms with van der Waals surface area (Å²) in [7, 11) is 0. The van der Waals surface area contributed by atoms with Gasteiger partial charge in [-0.25, -0.2) is 4.79 Å². The quantitative estimate of drug-likeness (QED) is 0.895. The Balaban J connectivity index is 1.86. The molecule has 1 saturated heterocycles. The van der Waals surface area contributed by atoms with E-state index in [2.05, 4.69) is 10.6 Å². The molecule has 0 saturated carbocycles. The van der Waals surface area contributed by atoms with Gasteiger partial charge >= 0.3 is 6.03 Å². The maximum atomic E-state index is 12.0. The highest BCUT2D eigenvalue weighted by atomic mass is 16.5. The van der Waals surface area contributed by atoms with Gasteiger partial charge in [-0.15, -0.1) is 0 Å². The van der Waals surface area contributed by atoms with Crippen LogP contribution in [0.4, 0.5) is 10.5 Å². The van der Waals surface area contributed by atoms with E-state index in [9.17, 15) is 9.59 Å². The Kier molecular flexibility index (Phi) is 5.74. The van der Waals surface area contributed by atoms with E-state index in [1.54, 1.807) is 0 Å². The summed E-state index contributed by atoms with van der Waals surface area (Å²) in [6.07, 6.45) is 0.100. The maximum Gasteiger partial charge on any atom is 0.325 e. The second-order valence-electron chi connectivity index (χ2n) is 6.24. The summed E-state index contributed by atoms with van der Waals surface area (Å²) in [4.78, 5) is 26.0. The molecular weight excluding hydrogens is 294 g/mol. The van der Waals surface area contributed by atoms with Gasteiger partial charge in [0.25, 0.3) is 0 Å². The van der Waals surface area contributed by atoms with E-state index in [0.717, 1.165) is 11.1 Å². The van der Waals surface area contributed by atoms with Crippen LogP contribution in [0.2, 0.25) is 0 Å². The van der Waals surface area contributed by atoms with Crippen molar-refractivity contribution in [2.45, 2.75) is 39.8 Å². The molecule has 2 rings (SSSR count). The monoisotopic (exact) mass is 319 g/mol. The Morgan fingerprint density at radius 1 is 1.30 bits per heavy atom. The molecule has 1 aromatic carbocycles. The molecule has 126 valence electrons. The summed E-state index contributed by atoms with van der Waals surface area (Å²) in [5.74, 6) is -0.312. The number of urea groups is 1. The van der Waals surface area contributed by atoms with Gasteiger partial charge in [0.1, 0.15) is 0 Å². The van der Waals surface area contributed by atoms with E-state index in [1.165, 1.54) is 0 Å². The number of nitrogens with one attached hydrogen (secondary N) is 2. The standard InChI is InChI=1S/C17H25N3O3/c1-11-5-6-15(12(2)7-11)18-17(22)19-16(21)9-20-8-14(4)23-10-13(20)3/h5-7,13-14H,8-10H2,1-4H3,(H2,18,19,21,22). The third-order valence-corrected chi connectivity index (χ3v) is 3.97. The zero-order valence-corrected chi connectivity index (χ0v) is 14.2. The minimum absolute atomic E-state index is 0.100. The Labute approximate surface area is 137 Å². The highest BCUT2D eigenvalue weighted by Gasteiger charge is 2.25. The predicted octanol–water partition coefficient (Wildman–Crippen LogP) is 2.06. The molecule has 1 heterocycles. The minimum atomic E-state index is -0.504. The molecule has 1 aromatic rings. The number of nitrogens with zero attached hydrogens (tertiary/aromatic N) is 1. The molecule has 23 heavy (non-hydrogen) atoms. The second-order valence-corrected chi connectivity index (χ2v) is 6.24. The van der Waals surface area contributed by atoms with Gasteiger partial charge in [-0.05, 0) is 39.3 Å². The fraction of sp³-hybridized carbons (Fsp3) is 0.529. The van der Waals surface area contributed by atoms with Crippen LogP contribution in [-0.4, -0.2) is 48.7 Å². The van der Waals surface area contributed by atoms with E-state index >= 15 is 0 Å². The molecule has 6 nitrogen and oxygen atoms in total. The van der Waals surface area contributed by atoms with Crippen molar-refractivity contribution in [1.82, 2.24) is 10.2 Å². The molecule has 6 heteroatoms. The Morgan fingerprint density at radius 2 is 2.04 bits per heavy atom. The van der Waals surface area contributed by atoms with E-state index < -0.39 is 6.03 Å². The zero-order chi connectivity index (χ0) is 17.0. The molecule has 0 aliphatic carbocycles. The first-order valence-corrected chi connectivity index (χ1v) is 7.89. The first kappa shape index (κ1) is 17.4. The van der Waals surface area contributed by atoms with Crippen molar-refractivity contribution in [2.24, 2.45) is 0 Å². The molecule has 2 unspecified atom stereocenters. The van der Waals surface area contributed by atoms with Gasteiger partial charge in [0.15, 0.2) is 0 Å². The number of hydrogen-bond acceptors (Lipinski definition) is 4. The van der Waals surface area contributed by atoms with Crippen LogP contribution in [0.25, 0.3) is 0 Å². The number of aryl methyl sites for hydroxylation is 2. The van der Waals surface area contributed by atoms with Gasteiger partial charge in [-0.1, -0.05) is 17.7 Å². The van der Waals surface area contributed by atoms with Crippen LogP contribution in [0.5, 0.6) is 0 Å². The fourth-order valence-electron chi connectivity index (χ4n) is 2.65. The van der Waals surface area contributed by atoms with Gasteiger partial charge in [0.05, 0.1) is 19.3 Å². The largest absolute Gasteiger partial charge is 0.376 e. The molecule has 0 bridgehead atoms. The maximum absolute atomic E-state index is 12.0. The average molecular weight is 319 g/mol. The third kappa shape index (κ3) is 5.04. The predicted molar refractivity (Wildman–Crippen MR) is 89.5 cm³/mol. The summed E-state index contributed by atoms with van der Waals surface area (Å²) in [6.45, 7) is 9.37. The van der Waals surface area contributed by atoms with Crippen LogP contribution in [0.3, 0.4) is 0 Å². The normalized spacial score (nSPS) is 21.7. The van der Waals surface area contributed by atoms with Crippen molar-refractivity contribution >= 4 is 17.6 Å². The highest BCUT2D eigenvalue weighted by molar-refractivity contribution is 6.02. The van der Waals surface area contributed by atoms with Crippen LogP contribution in [-0.2, 0) is 9.53 Å². The van der Waals surface area contributed by atoms with Crippen molar-refractivity contribution in [3.63, 3.8) is 0 Å². The molecule has 0 spiro atoms. The average Bonchev–Trinajstić information content (AvgIpc) is 2.46. The number of rotatable bonds is 3. The Hall–Kier alpha value is -1.92. The lowest BCUT2D eigenvalue weighted by atomic mass is 10.1. The van der Waals surface area contributed by atoms with E-state index in [4.69, 9.17) is 4.74 Å². The second kappa shape index (κ2) is 7.57. The van der Waals surface area contributed by atoms with Crippen molar-refractivity contribution in [3.05, 3.63) is 29.3 Å². The molecule has 1 aliphatic rings. The van der Waals surface area contributed by atoms with Crippen molar-refractivity contribution in [3.8, 4) is 0 Å². The summed E-state index contributed by atoms with van der Waals surface area (Å²) < 4.78 is 5.53. The first-order valence-electron chi connectivity index (χ1n) is 7.89. The number of carbonyl (C=O) groups is 2. The minimum Gasteiger partial charge on any atom is -0.376 e. The van der Waals surface area contributed by atoms with Crippen molar-refractivity contribution < 1.29 is 14.3 Å². The molecule has 1 aliphatic heterocycles. The number of anilines is 1. The van der Waals surface area contributed by atoms with Gasteiger partial charge in [0, 0.05) is 18.3 Å². The van der Waals surface area contributed by atoms with Crippen molar-refractivity contribution in [2.75, 3.05) is 25.0 Å². The Morgan fingerprint density at radius 3 is 2.74 bits per heavy atom. The zero-order valence-electron chi connectivity index (χ0n) is 14.2. The molecule has 0 radical (unpaired) electrons. The summed E-state index contributed by atoms with van der Waals surface area (Å²) in [5.41, 5.74) is 2.79. The molecule has 3 amide bonds. The first-order chi connectivity index (χ1) is 10.8. The number of amides is 3. The molecular formula is C17H25N3O3. The number of benzene rings is 1. The van der Waals surface area contributed by atoms with Crippen LogP contribution in [0.15, 0.2) is 18.2 Å². The third-order valence-electron chi connectivity index (χ3n) is 3.97. The fourth-order valence-corrected chi connectivity index (χ4v) is 2.65. The summed E-state index contributed by atoms with van der Waals surface area (Å²) in [5, 5.41) is 5.09. The lowest BCUT2D eigenvalue weighted by Gasteiger charge is -2.36. The van der Waals surface area contributed by atoms with E-state index in [1.807, 2.05) is 50.8 Å². The van der Waals surface area contributed by atoms with Crippen LogP contribution >= 0.6 is 0 Å². The summed E-state index contributed by atoms with van der Waals surface area (Å²) in [6, 6.07) is 5.39. The molecule has 0 aromatic heterocycles. The van der Waals surface area contributed by atoms with E-state index in [0.29, 0.717) is 18.8 Å². The number of ether oxygens (including phenoxy) is 1. The van der Waals surface area contributed by atoms with E-state index in [-0.39, 0.29) is 24.6 Å². The Bertz CT molecular complexity index is 588. The van der Waals surface area contributed by atoms with Crippen LogP contribution in [0, 0.1) is 13.8 Å². The molecule has 1 fully saturated rings. The van der Waals surface area contributed by atoms with Crippen molar-refractivity contribution in [1.29, 1.82) is 0 Å². The smallest absolute Gasteiger partial charge is 0.325 e. The SMILES string of the molecule is Cc1ccc(NC(=O)NC(=O)CN2CC(C)OCC2C)c(C)c1. The topological polar surface area (TPSA) is 70.7 Å². The van der Waals surface area contributed by atoms with Crippen LogP contribution < -0.4 is 10.6 Å². The number of carbonyl (C=O) groups excluding carboxylic acids is 2. The summed E-state index contributed by atoms with van der Waals surface area (Å²) >= 11 is 0. The van der Waals surface area contributed by atoms with Gasteiger partial charge in [-0.2, -0.15) is 0 Å². The number of imide groups is 1. The van der Waals surface area contributed by atoms with Gasteiger partial charge in [0.2, 0.25) is 5.91 Å². The molecule has 2 N–H and O–H groups in total.